The Morgan fingerprint density at radius 1 is 0.969 bits per heavy atom. The van der Waals surface area contributed by atoms with Gasteiger partial charge in [0, 0.05) is 11.7 Å². The van der Waals surface area contributed by atoms with Gasteiger partial charge in [-0.05, 0) is 56.5 Å². The molecule has 2 aromatic carbocycles. The number of nitrogens with one attached hydrogen (secondary N) is 1. The van der Waals surface area contributed by atoms with Gasteiger partial charge >= 0.3 is 0 Å². The summed E-state index contributed by atoms with van der Waals surface area (Å²) in [5, 5.41) is 12.7. The Morgan fingerprint density at radius 2 is 1.66 bits per heavy atom. The molecule has 1 aliphatic heterocycles. The molecule has 5 rings (SSSR count). The van der Waals surface area contributed by atoms with Crippen molar-refractivity contribution in [3.63, 3.8) is 0 Å². The van der Waals surface area contributed by atoms with Crippen molar-refractivity contribution in [1.29, 1.82) is 0 Å². The summed E-state index contributed by atoms with van der Waals surface area (Å²) in [4.78, 5) is 15.6. The van der Waals surface area contributed by atoms with E-state index in [1.54, 1.807) is 0 Å². The molecule has 0 radical (unpaired) electrons. The third-order valence-electron chi connectivity index (χ3n) is 6.02. The quantitative estimate of drug-likeness (QED) is 0.520. The van der Waals surface area contributed by atoms with Gasteiger partial charge in [0.1, 0.15) is 5.25 Å². The lowest BCUT2D eigenvalue weighted by Gasteiger charge is -2.26. The van der Waals surface area contributed by atoms with E-state index in [-0.39, 0.29) is 11.2 Å². The number of amides is 1. The van der Waals surface area contributed by atoms with Crippen LogP contribution in [-0.2, 0) is 11.3 Å². The highest BCUT2D eigenvalue weighted by Crippen LogP contribution is 2.37. The van der Waals surface area contributed by atoms with Crippen LogP contribution in [0.15, 0.2) is 65.8 Å². The van der Waals surface area contributed by atoms with Crippen LogP contribution in [0.25, 0.3) is 5.69 Å². The van der Waals surface area contributed by atoms with Crippen LogP contribution < -0.4 is 5.32 Å². The largest absolute Gasteiger partial charge is 0.352 e. The fourth-order valence-corrected chi connectivity index (χ4v) is 5.23. The van der Waals surface area contributed by atoms with Crippen molar-refractivity contribution in [2.45, 2.75) is 55.1 Å². The molecule has 2 aliphatic rings. The smallest absolute Gasteiger partial charge is 0.238 e. The Morgan fingerprint density at radius 3 is 2.34 bits per heavy atom. The summed E-state index contributed by atoms with van der Waals surface area (Å²) in [7, 11) is 0. The maximum absolute atomic E-state index is 13.2. The molecule has 0 spiro atoms. The number of rotatable bonds is 8. The maximum Gasteiger partial charge on any atom is 0.238 e. The van der Waals surface area contributed by atoms with Gasteiger partial charge in [0.2, 0.25) is 5.91 Å². The van der Waals surface area contributed by atoms with Gasteiger partial charge in [-0.1, -0.05) is 66.7 Å². The summed E-state index contributed by atoms with van der Waals surface area (Å²) in [6.07, 6.45) is 5.91. The molecule has 166 valence electrons. The molecule has 1 saturated carbocycles. The summed E-state index contributed by atoms with van der Waals surface area (Å²) < 4.78 is 2.12. The van der Waals surface area contributed by atoms with Gasteiger partial charge in [0.25, 0.3) is 0 Å². The minimum Gasteiger partial charge on any atom is -0.352 e. The number of para-hydroxylation sites is 1. The molecule has 0 bridgehead atoms. The van der Waals surface area contributed by atoms with Crippen molar-refractivity contribution in [1.82, 2.24) is 25.0 Å². The van der Waals surface area contributed by atoms with Crippen molar-refractivity contribution >= 4 is 17.7 Å². The maximum atomic E-state index is 13.2. The lowest BCUT2D eigenvalue weighted by Crippen LogP contribution is -2.30. The van der Waals surface area contributed by atoms with Gasteiger partial charge in [-0.15, -0.1) is 10.2 Å². The predicted octanol–water partition coefficient (Wildman–Crippen LogP) is 4.37. The summed E-state index contributed by atoms with van der Waals surface area (Å²) in [5.41, 5.74) is 2.01. The highest BCUT2D eigenvalue weighted by Gasteiger charge is 2.31. The molecule has 1 aliphatic carbocycles. The normalized spacial score (nSPS) is 17.8. The van der Waals surface area contributed by atoms with Gasteiger partial charge in [-0.3, -0.25) is 14.3 Å². The molecule has 3 aromatic rings. The van der Waals surface area contributed by atoms with Crippen molar-refractivity contribution in [2.24, 2.45) is 0 Å². The number of piperidine rings is 1. The SMILES string of the molecule is O=C(NC1CC1)[C@H](Sc1nnc(CN2CCCCC2)n1-c1ccccc1)c1ccccc1. The van der Waals surface area contributed by atoms with E-state index in [2.05, 4.69) is 37.1 Å². The van der Waals surface area contributed by atoms with Gasteiger partial charge in [0.05, 0.1) is 6.54 Å². The number of likely N-dealkylation sites (tertiary alicyclic amines) is 1. The van der Waals surface area contributed by atoms with Crippen LogP contribution >= 0.6 is 11.8 Å². The second-order valence-electron chi connectivity index (χ2n) is 8.60. The van der Waals surface area contributed by atoms with E-state index in [9.17, 15) is 4.79 Å². The Balaban J connectivity index is 1.47. The molecule has 2 heterocycles. The molecule has 1 atom stereocenters. The van der Waals surface area contributed by atoms with Crippen LogP contribution in [-0.4, -0.2) is 44.7 Å². The standard InChI is InChI=1S/C25H29N5OS/c31-24(26-20-14-15-20)23(19-10-4-1-5-11-19)32-25-28-27-22(18-29-16-8-3-9-17-29)30(25)21-12-6-2-7-13-21/h1-2,4-7,10-13,20,23H,3,8-9,14-18H2,(H,26,31)/t23-/m1/s1. The number of carbonyl (C=O) groups is 1. The van der Waals surface area contributed by atoms with E-state index in [1.807, 2.05) is 48.5 Å². The average Bonchev–Trinajstić information content (AvgIpc) is 3.57. The van der Waals surface area contributed by atoms with Crippen LogP contribution in [0.3, 0.4) is 0 Å². The molecule has 1 amide bonds. The minimum atomic E-state index is -0.369. The summed E-state index contributed by atoms with van der Waals surface area (Å²) in [6, 6.07) is 20.5. The first-order valence-corrected chi connectivity index (χ1v) is 12.4. The lowest BCUT2D eigenvalue weighted by molar-refractivity contribution is -0.120. The Labute approximate surface area is 193 Å². The minimum absolute atomic E-state index is 0.0453. The molecular formula is C25H29N5OS. The van der Waals surface area contributed by atoms with Gasteiger partial charge in [-0.25, -0.2) is 0 Å². The number of aromatic nitrogens is 3. The van der Waals surface area contributed by atoms with E-state index in [0.29, 0.717) is 6.04 Å². The van der Waals surface area contributed by atoms with E-state index in [0.717, 1.165) is 54.7 Å². The van der Waals surface area contributed by atoms with Crippen molar-refractivity contribution < 1.29 is 4.79 Å². The Bertz CT molecular complexity index is 1030. The highest BCUT2D eigenvalue weighted by atomic mass is 32.2. The summed E-state index contributed by atoms with van der Waals surface area (Å²) in [5.74, 6) is 0.971. The number of nitrogens with zero attached hydrogens (tertiary/aromatic N) is 4. The molecular weight excluding hydrogens is 418 g/mol. The third kappa shape index (κ3) is 5.05. The molecule has 1 saturated heterocycles. The third-order valence-corrected chi connectivity index (χ3v) is 7.21. The molecule has 2 fully saturated rings. The molecule has 0 unspecified atom stereocenters. The Hall–Kier alpha value is -2.64. The fourth-order valence-electron chi connectivity index (χ4n) is 4.14. The van der Waals surface area contributed by atoms with E-state index >= 15 is 0 Å². The number of thioether (sulfide) groups is 1. The number of benzene rings is 2. The topological polar surface area (TPSA) is 63.1 Å². The van der Waals surface area contributed by atoms with Gasteiger partial charge in [0.15, 0.2) is 11.0 Å². The first-order valence-electron chi connectivity index (χ1n) is 11.5. The second kappa shape index (κ2) is 9.88. The van der Waals surface area contributed by atoms with Crippen LogP contribution in [0.2, 0.25) is 0 Å². The van der Waals surface area contributed by atoms with Crippen LogP contribution in [0, 0.1) is 0 Å². The molecule has 1 N–H and O–H groups in total. The zero-order valence-corrected chi connectivity index (χ0v) is 19.0. The monoisotopic (exact) mass is 447 g/mol. The summed E-state index contributed by atoms with van der Waals surface area (Å²) in [6.45, 7) is 2.97. The fraction of sp³-hybridized carbons (Fsp3) is 0.400. The predicted molar refractivity (Wildman–Crippen MR) is 127 cm³/mol. The Kier molecular flexibility index (Phi) is 6.55. The van der Waals surface area contributed by atoms with Crippen molar-refractivity contribution in [2.75, 3.05) is 13.1 Å². The number of hydrogen-bond acceptors (Lipinski definition) is 5. The van der Waals surface area contributed by atoms with E-state index in [1.165, 1.54) is 31.0 Å². The first kappa shape index (κ1) is 21.2. The molecule has 7 heteroatoms. The van der Waals surface area contributed by atoms with Gasteiger partial charge < -0.3 is 5.32 Å². The van der Waals surface area contributed by atoms with Crippen molar-refractivity contribution in [3.05, 3.63) is 72.1 Å². The van der Waals surface area contributed by atoms with Crippen molar-refractivity contribution in [3.8, 4) is 5.69 Å². The second-order valence-corrected chi connectivity index (χ2v) is 9.67. The molecule has 1 aromatic heterocycles. The zero-order valence-electron chi connectivity index (χ0n) is 18.2. The number of hydrogen-bond donors (Lipinski definition) is 1. The van der Waals surface area contributed by atoms with Gasteiger partial charge in [-0.2, -0.15) is 0 Å². The average molecular weight is 448 g/mol. The zero-order chi connectivity index (χ0) is 21.8. The van der Waals surface area contributed by atoms with Crippen LogP contribution in [0.4, 0.5) is 0 Å². The number of carbonyl (C=O) groups excluding carboxylic acids is 1. The molecule has 6 nitrogen and oxygen atoms in total. The van der Waals surface area contributed by atoms with E-state index < -0.39 is 0 Å². The lowest BCUT2D eigenvalue weighted by atomic mass is 10.1. The first-order chi connectivity index (χ1) is 15.8. The van der Waals surface area contributed by atoms with Crippen LogP contribution in [0.1, 0.15) is 48.7 Å². The van der Waals surface area contributed by atoms with Crippen LogP contribution in [0.5, 0.6) is 0 Å². The van der Waals surface area contributed by atoms with E-state index in [4.69, 9.17) is 0 Å². The highest BCUT2D eigenvalue weighted by molar-refractivity contribution is 8.00. The summed E-state index contributed by atoms with van der Waals surface area (Å²) >= 11 is 1.48. The molecule has 32 heavy (non-hydrogen) atoms.